The minimum absolute atomic E-state index is 0.273. The first-order valence-corrected chi connectivity index (χ1v) is 7.91. The van der Waals surface area contributed by atoms with E-state index in [-0.39, 0.29) is 5.41 Å². The molecule has 1 saturated heterocycles. The van der Waals surface area contributed by atoms with E-state index in [2.05, 4.69) is 50.5 Å². The van der Waals surface area contributed by atoms with Crippen LogP contribution in [0.25, 0.3) is 0 Å². The molecule has 1 aromatic rings. The second-order valence-corrected chi connectivity index (χ2v) is 7.29. The van der Waals surface area contributed by atoms with E-state index >= 15 is 0 Å². The van der Waals surface area contributed by atoms with Gasteiger partial charge in [0.1, 0.15) is 0 Å². The highest BCUT2D eigenvalue weighted by Crippen LogP contribution is 2.50. The smallest absolute Gasteiger partial charge is 0.0991 e. The molecule has 2 nitrogen and oxygen atoms in total. The Morgan fingerprint density at radius 1 is 1.38 bits per heavy atom. The first kappa shape index (κ1) is 14.2. The maximum absolute atomic E-state index is 9.23. The number of nitrogens with zero attached hydrogens (tertiary/aromatic N) is 2. The van der Waals surface area contributed by atoms with Gasteiger partial charge in [-0.25, -0.2) is 0 Å². The quantitative estimate of drug-likeness (QED) is 0.761. The lowest BCUT2D eigenvalue weighted by Crippen LogP contribution is -2.41. The highest BCUT2D eigenvalue weighted by molar-refractivity contribution is 5.43. The van der Waals surface area contributed by atoms with Crippen molar-refractivity contribution in [2.24, 2.45) is 11.3 Å². The van der Waals surface area contributed by atoms with Crippen molar-refractivity contribution in [1.82, 2.24) is 4.90 Å². The first-order valence-electron chi connectivity index (χ1n) is 7.91. The van der Waals surface area contributed by atoms with Crippen LogP contribution in [0.2, 0.25) is 0 Å². The Bertz CT molecular complexity index is 621. The summed E-state index contributed by atoms with van der Waals surface area (Å²) >= 11 is 0. The standard InChI is InChI=1S/C19H24N2/c1-13-6-5-9-21(13)18-14(2)19(3,4)11-16-8-7-15(12-20)10-17(16)18/h7-8,10,14,18H,1,5-6,9,11H2,2-4H3. The molecule has 2 heteroatoms. The summed E-state index contributed by atoms with van der Waals surface area (Å²) < 4.78 is 0. The van der Waals surface area contributed by atoms with E-state index in [0.29, 0.717) is 12.0 Å². The zero-order valence-corrected chi connectivity index (χ0v) is 13.3. The molecule has 2 atom stereocenters. The monoisotopic (exact) mass is 280 g/mol. The molecule has 0 N–H and O–H groups in total. The molecule has 110 valence electrons. The zero-order valence-electron chi connectivity index (χ0n) is 13.3. The third kappa shape index (κ3) is 2.25. The number of nitriles is 1. The number of allylic oxidation sites excluding steroid dienone is 1. The van der Waals surface area contributed by atoms with E-state index in [0.717, 1.165) is 24.9 Å². The minimum Gasteiger partial charge on any atom is -0.368 e. The Hall–Kier alpha value is -1.75. The van der Waals surface area contributed by atoms with Gasteiger partial charge in [0.25, 0.3) is 0 Å². The minimum atomic E-state index is 0.273. The van der Waals surface area contributed by atoms with Crippen molar-refractivity contribution in [2.45, 2.75) is 46.1 Å². The van der Waals surface area contributed by atoms with Gasteiger partial charge in [0, 0.05) is 12.2 Å². The van der Waals surface area contributed by atoms with Crippen molar-refractivity contribution in [3.8, 4) is 6.07 Å². The van der Waals surface area contributed by atoms with Crippen LogP contribution < -0.4 is 0 Å². The van der Waals surface area contributed by atoms with E-state index in [1.165, 1.54) is 23.2 Å². The van der Waals surface area contributed by atoms with Gasteiger partial charge in [-0.15, -0.1) is 0 Å². The van der Waals surface area contributed by atoms with Gasteiger partial charge in [-0.1, -0.05) is 33.4 Å². The van der Waals surface area contributed by atoms with Crippen LogP contribution in [0.1, 0.15) is 56.3 Å². The highest BCUT2D eigenvalue weighted by atomic mass is 15.2. The van der Waals surface area contributed by atoms with Gasteiger partial charge in [0.2, 0.25) is 0 Å². The summed E-state index contributed by atoms with van der Waals surface area (Å²) in [5, 5.41) is 9.23. The fourth-order valence-electron chi connectivity index (χ4n) is 3.98. The predicted octanol–water partition coefficient (Wildman–Crippen LogP) is 4.43. The van der Waals surface area contributed by atoms with E-state index in [1.54, 1.807) is 0 Å². The lowest BCUT2D eigenvalue weighted by atomic mass is 9.64. The van der Waals surface area contributed by atoms with E-state index in [1.807, 2.05) is 6.07 Å². The Morgan fingerprint density at radius 2 is 2.14 bits per heavy atom. The fraction of sp³-hybridized carbons (Fsp3) is 0.526. The van der Waals surface area contributed by atoms with Gasteiger partial charge in [0.05, 0.1) is 17.7 Å². The zero-order chi connectivity index (χ0) is 15.2. The maximum atomic E-state index is 9.23. The summed E-state index contributed by atoms with van der Waals surface area (Å²) in [6.45, 7) is 12.5. The van der Waals surface area contributed by atoms with Gasteiger partial charge in [-0.2, -0.15) is 5.26 Å². The van der Waals surface area contributed by atoms with Crippen LogP contribution in [0.4, 0.5) is 0 Å². The summed E-state index contributed by atoms with van der Waals surface area (Å²) in [5.74, 6) is 0.550. The molecule has 1 fully saturated rings. The molecule has 3 rings (SSSR count). The van der Waals surface area contributed by atoms with E-state index in [9.17, 15) is 5.26 Å². The number of fused-ring (bicyclic) bond motifs is 1. The Labute approximate surface area is 128 Å². The molecule has 1 aliphatic heterocycles. The molecule has 0 amide bonds. The molecule has 2 aliphatic rings. The molecule has 1 aliphatic carbocycles. The van der Waals surface area contributed by atoms with Crippen molar-refractivity contribution in [3.05, 3.63) is 47.2 Å². The SMILES string of the molecule is C=C1CCCN1C1c2cc(C#N)ccc2CC(C)(C)C1C. The molecular weight excluding hydrogens is 256 g/mol. The fourth-order valence-corrected chi connectivity index (χ4v) is 3.98. The number of rotatable bonds is 1. The molecule has 2 unspecified atom stereocenters. The number of hydrogen-bond donors (Lipinski definition) is 0. The van der Waals surface area contributed by atoms with Crippen molar-refractivity contribution in [3.63, 3.8) is 0 Å². The summed E-state index contributed by atoms with van der Waals surface area (Å²) in [7, 11) is 0. The largest absolute Gasteiger partial charge is 0.368 e. The van der Waals surface area contributed by atoms with Crippen molar-refractivity contribution in [2.75, 3.05) is 6.54 Å². The third-order valence-corrected chi connectivity index (χ3v) is 5.55. The summed E-state index contributed by atoms with van der Waals surface area (Å²) in [4.78, 5) is 2.49. The molecule has 21 heavy (non-hydrogen) atoms. The van der Waals surface area contributed by atoms with Crippen LogP contribution >= 0.6 is 0 Å². The van der Waals surface area contributed by atoms with Crippen LogP contribution in [0.15, 0.2) is 30.5 Å². The average Bonchev–Trinajstić information content (AvgIpc) is 2.86. The molecule has 0 saturated carbocycles. The second kappa shape index (κ2) is 4.91. The average molecular weight is 280 g/mol. The van der Waals surface area contributed by atoms with Crippen molar-refractivity contribution < 1.29 is 0 Å². The summed E-state index contributed by atoms with van der Waals surface area (Å²) in [6, 6.07) is 8.89. The Morgan fingerprint density at radius 3 is 2.76 bits per heavy atom. The Kier molecular flexibility index (Phi) is 3.32. The number of likely N-dealkylation sites (tertiary alicyclic amines) is 1. The number of hydrogen-bond acceptors (Lipinski definition) is 2. The van der Waals surface area contributed by atoms with Crippen molar-refractivity contribution >= 4 is 0 Å². The lowest BCUT2D eigenvalue weighted by Gasteiger charge is -2.48. The topological polar surface area (TPSA) is 27.0 Å². The molecule has 1 aromatic carbocycles. The Balaban J connectivity index is 2.12. The van der Waals surface area contributed by atoms with Crippen LogP contribution in [0.3, 0.4) is 0 Å². The van der Waals surface area contributed by atoms with Gasteiger partial charge in [0.15, 0.2) is 0 Å². The van der Waals surface area contributed by atoms with Gasteiger partial charge in [-0.05, 0) is 53.9 Å². The molecular formula is C19H24N2. The third-order valence-electron chi connectivity index (χ3n) is 5.55. The van der Waals surface area contributed by atoms with Crippen LogP contribution in [0, 0.1) is 22.7 Å². The van der Waals surface area contributed by atoms with Gasteiger partial charge < -0.3 is 4.90 Å². The van der Waals surface area contributed by atoms with E-state index in [4.69, 9.17) is 0 Å². The molecule has 0 bridgehead atoms. The second-order valence-electron chi connectivity index (χ2n) is 7.29. The summed E-state index contributed by atoms with van der Waals surface area (Å²) in [5.41, 5.74) is 5.06. The normalized spacial score (nSPS) is 27.3. The van der Waals surface area contributed by atoms with Gasteiger partial charge in [-0.3, -0.25) is 0 Å². The maximum Gasteiger partial charge on any atom is 0.0991 e. The predicted molar refractivity (Wildman–Crippen MR) is 85.6 cm³/mol. The molecule has 0 radical (unpaired) electrons. The molecule has 0 aromatic heterocycles. The van der Waals surface area contributed by atoms with Gasteiger partial charge >= 0.3 is 0 Å². The van der Waals surface area contributed by atoms with Crippen LogP contribution in [-0.2, 0) is 6.42 Å². The van der Waals surface area contributed by atoms with Crippen LogP contribution in [0.5, 0.6) is 0 Å². The van der Waals surface area contributed by atoms with Crippen molar-refractivity contribution in [1.29, 1.82) is 5.26 Å². The molecule has 1 heterocycles. The van der Waals surface area contributed by atoms with E-state index < -0.39 is 0 Å². The highest BCUT2D eigenvalue weighted by Gasteiger charge is 2.42. The van der Waals surface area contributed by atoms with Crippen LogP contribution in [-0.4, -0.2) is 11.4 Å². The summed E-state index contributed by atoms with van der Waals surface area (Å²) in [6.07, 6.45) is 3.40. The molecule has 0 spiro atoms. The number of benzene rings is 1. The lowest BCUT2D eigenvalue weighted by molar-refractivity contribution is 0.0933. The first-order chi connectivity index (χ1) is 9.94.